The van der Waals surface area contributed by atoms with Gasteiger partial charge < -0.3 is 4.90 Å². The summed E-state index contributed by atoms with van der Waals surface area (Å²) in [6, 6.07) is 82.5. The monoisotopic (exact) mass is 857 g/mol. The molecule has 0 unspecified atom stereocenters. The summed E-state index contributed by atoms with van der Waals surface area (Å²) in [6.45, 7) is 11.6. The second-order valence-corrected chi connectivity index (χ2v) is 20.5. The molecule has 1 nitrogen and oxygen atoms in total. The van der Waals surface area contributed by atoms with Gasteiger partial charge in [0.15, 0.2) is 0 Å². The predicted molar refractivity (Wildman–Crippen MR) is 282 cm³/mol. The second kappa shape index (κ2) is 14.4. The summed E-state index contributed by atoms with van der Waals surface area (Å²) in [4.78, 5) is 2.46. The van der Waals surface area contributed by atoms with E-state index in [1.54, 1.807) is 0 Å². The van der Waals surface area contributed by atoms with Gasteiger partial charge in [-0.25, -0.2) is 0 Å². The summed E-state index contributed by atoms with van der Waals surface area (Å²) in [6.07, 6.45) is 0. The first-order valence-electron chi connectivity index (χ1n) is 23.8. The largest absolute Gasteiger partial charge is 0.310 e. The van der Waals surface area contributed by atoms with E-state index in [0.29, 0.717) is 0 Å². The van der Waals surface area contributed by atoms with Crippen LogP contribution in [-0.4, -0.2) is 0 Å². The molecule has 0 saturated carbocycles. The van der Waals surface area contributed by atoms with Gasteiger partial charge in [-0.15, -0.1) is 0 Å². The summed E-state index contributed by atoms with van der Waals surface area (Å²) >= 11 is 0. The lowest BCUT2D eigenvalue weighted by molar-refractivity contribution is 0.590. The number of benzene rings is 10. The van der Waals surface area contributed by atoms with Crippen LogP contribution in [0.25, 0.3) is 66.4 Å². The molecule has 0 atom stereocenters. The van der Waals surface area contributed by atoms with E-state index in [-0.39, 0.29) is 16.2 Å². The van der Waals surface area contributed by atoms with Crippen molar-refractivity contribution in [1.82, 2.24) is 0 Å². The summed E-state index contributed by atoms with van der Waals surface area (Å²) in [5, 5.41) is 2.45. The first kappa shape index (κ1) is 39.6. The van der Waals surface area contributed by atoms with E-state index >= 15 is 0 Å². The highest BCUT2D eigenvalue weighted by atomic mass is 15.1. The molecule has 10 aromatic rings. The molecule has 3 aliphatic rings. The highest BCUT2D eigenvalue weighted by Crippen LogP contribution is 2.63. The molecule has 10 aromatic carbocycles. The Morgan fingerprint density at radius 2 is 0.806 bits per heavy atom. The van der Waals surface area contributed by atoms with Crippen LogP contribution in [0.5, 0.6) is 0 Å². The Morgan fingerprint density at radius 3 is 1.45 bits per heavy atom. The molecule has 0 saturated heterocycles. The minimum absolute atomic E-state index is 0.0358. The van der Waals surface area contributed by atoms with E-state index in [0.717, 1.165) is 17.1 Å². The third-order valence-electron chi connectivity index (χ3n) is 15.5. The summed E-state index contributed by atoms with van der Waals surface area (Å²) < 4.78 is 0. The molecule has 67 heavy (non-hydrogen) atoms. The van der Waals surface area contributed by atoms with Crippen LogP contribution in [0.3, 0.4) is 0 Å². The fourth-order valence-electron chi connectivity index (χ4n) is 12.2. The second-order valence-electron chi connectivity index (χ2n) is 20.5. The summed E-state index contributed by atoms with van der Waals surface area (Å²) in [7, 11) is 0. The van der Waals surface area contributed by atoms with Gasteiger partial charge in [0, 0.05) is 22.5 Å². The van der Waals surface area contributed by atoms with Crippen molar-refractivity contribution < 1.29 is 0 Å². The number of hydrogen-bond donors (Lipinski definition) is 0. The van der Waals surface area contributed by atoms with Crippen molar-refractivity contribution >= 4 is 27.8 Å². The van der Waals surface area contributed by atoms with Crippen LogP contribution in [0.15, 0.2) is 218 Å². The Balaban J connectivity index is 0.936. The molecule has 0 aromatic heterocycles. The Bertz CT molecular complexity index is 3590. The van der Waals surface area contributed by atoms with Crippen LogP contribution < -0.4 is 4.90 Å². The van der Waals surface area contributed by atoms with E-state index < -0.39 is 0 Å². The predicted octanol–water partition coefficient (Wildman–Crippen LogP) is 17.6. The Hall–Kier alpha value is -7.74. The lowest BCUT2D eigenvalue weighted by Crippen LogP contribution is -2.25. The lowest BCUT2D eigenvalue weighted by Gasteiger charge is -2.31. The van der Waals surface area contributed by atoms with Gasteiger partial charge in [0.1, 0.15) is 0 Å². The van der Waals surface area contributed by atoms with E-state index in [9.17, 15) is 0 Å². The molecule has 13 rings (SSSR count). The van der Waals surface area contributed by atoms with E-state index in [2.05, 4.69) is 258 Å². The lowest BCUT2D eigenvalue weighted by atomic mass is 9.70. The third-order valence-corrected chi connectivity index (χ3v) is 15.5. The van der Waals surface area contributed by atoms with Gasteiger partial charge in [-0.3, -0.25) is 0 Å². The van der Waals surface area contributed by atoms with Crippen LogP contribution >= 0.6 is 0 Å². The molecule has 0 aliphatic heterocycles. The molecule has 0 bridgehead atoms. The summed E-state index contributed by atoms with van der Waals surface area (Å²) in [5.41, 5.74) is 25.4. The van der Waals surface area contributed by atoms with Gasteiger partial charge in [-0.1, -0.05) is 211 Å². The molecule has 0 radical (unpaired) electrons. The van der Waals surface area contributed by atoms with Gasteiger partial charge in [0.05, 0.1) is 5.41 Å². The standard InChI is InChI=1S/C66H51N/c1-64(2,3)46-31-34-47(35-32-46)67(49-36-38-62-57(41-49)54-19-9-13-24-61(54)66(62)59-22-11-7-17-52(59)53-18-8-12-23-60(53)66)48-33-29-43-15-14-20-50(56(43)40-48)44-27-25-42(26-28-44)45-30-37-55-51-16-6-10-21-58(51)65(4,5)63(55)39-45/h6-41H,1-5H3. The van der Waals surface area contributed by atoms with E-state index in [1.165, 1.54) is 105 Å². The fraction of sp³-hybridized carbons (Fsp3) is 0.121. The zero-order valence-electron chi connectivity index (χ0n) is 38.7. The highest BCUT2D eigenvalue weighted by molar-refractivity contribution is 6.01. The molecule has 0 amide bonds. The molecule has 0 fully saturated rings. The molecular weight excluding hydrogens is 807 g/mol. The minimum atomic E-state index is -0.382. The zero-order valence-corrected chi connectivity index (χ0v) is 38.7. The molecule has 0 N–H and O–H groups in total. The number of nitrogens with zero attached hydrogens (tertiary/aromatic N) is 1. The topological polar surface area (TPSA) is 3.24 Å². The average Bonchev–Trinajstić information content (AvgIpc) is 3.92. The molecule has 320 valence electrons. The SMILES string of the molecule is CC(C)(C)c1ccc(N(c2ccc3c(c2)-c2ccccc2C32c3ccccc3-c3ccccc32)c2ccc3cccc(-c4ccc(-c5ccc6c(c5)C(C)(C)c5ccccc5-6)cc4)c3c2)cc1. The Morgan fingerprint density at radius 1 is 0.328 bits per heavy atom. The van der Waals surface area contributed by atoms with Gasteiger partial charge in [-0.05, 0) is 153 Å². The summed E-state index contributed by atoms with van der Waals surface area (Å²) in [5.74, 6) is 0. The fourth-order valence-corrected chi connectivity index (χ4v) is 12.2. The third kappa shape index (κ3) is 5.74. The van der Waals surface area contributed by atoms with Crippen molar-refractivity contribution in [2.24, 2.45) is 0 Å². The maximum absolute atomic E-state index is 2.46. The number of hydrogen-bond acceptors (Lipinski definition) is 1. The first-order chi connectivity index (χ1) is 32.6. The molecule has 3 aliphatic carbocycles. The van der Waals surface area contributed by atoms with Crippen molar-refractivity contribution in [3.63, 3.8) is 0 Å². The molecular formula is C66H51N. The highest BCUT2D eigenvalue weighted by Gasteiger charge is 2.51. The molecule has 1 spiro atoms. The van der Waals surface area contributed by atoms with Crippen molar-refractivity contribution in [3.8, 4) is 55.6 Å². The van der Waals surface area contributed by atoms with Gasteiger partial charge in [-0.2, -0.15) is 0 Å². The van der Waals surface area contributed by atoms with E-state index in [4.69, 9.17) is 0 Å². The normalized spacial score (nSPS) is 14.3. The Labute approximate surface area is 394 Å². The average molecular weight is 858 g/mol. The van der Waals surface area contributed by atoms with Gasteiger partial charge in [0.25, 0.3) is 0 Å². The van der Waals surface area contributed by atoms with Gasteiger partial charge in [0.2, 0.25) is 0 Å². The smallest absolute Gasteiger partial charge is 0.0725 e. The van der Waals surface area contributed by atoms with Crippen molar-refractivity contribution in [2.75, 3.05) is 4.90 Å². The van der Waals surface area contributed by atoms with Crippen molar-refractivity contribution in [2.45, 2.75) is 50.9 Å². The number of fused-ring (bicyclic) bond motifs is 14. The number of anilines is 3. The van der Waals surface area contributed by atoms with Crippen LogP contribution in [0.4, 0.5) is 17.1 Å². The van der Waals surface area contributed by atoms with Gasteiger partial charge >= 0.3 is 0 Å². The first-order valence-corrected chi connectivity index (χ1v) is 23.8. The molecule has 0 heterocycles. The van der Waals surface area contributed by atoms with Crippen LogP contribution in [0, 0.1) is 0 Å². The quantitative estimate of drug-likeness (QED) is 0.167. The van der Waals surface area contributed by atoms with Crippen molar-refractivity contribution in [1.29, 1.82) is 0 Å². The van der Waals surface area contributed by atoms with Crippen molar-refractivity contribution in [3.05, 3.63) is 257 Å². The maximum atomic E-state index is 2.46. The minimum Gasteiger partial charge on any atom is -0.310 e. The zero-order chi connectivity index (χ0) is 45.2. The Kier molecular flexibility index (Phi) is 8.50. The maximum Gasteiger partial charge on any atom is 0.0725 e. The van der Waals surface area contributed by atoms with Crippen LogP contribution in [0.1, 0.15) is 73.6 Å². The van der Waals surface area contributed by atoms with E-state index in [1.807, 2.05) is 0 Å². The van der Waals surface area contributed by atoms with Crippen LogP contribution in [-0.2, 0) is 16.2 Å². The number of rotatable bonds is 5. The van der Waals surface area contributed by atoms with Crippen LogP contribution in [0.2, 0.25) is 0 Å². The molecule has 1 heteroatoms.